The molecule has 2 rings (SSSR count). The molecule has 1 N–H and O–H groups in total. The molecule has 0 aliphatic rings. The van der Waals surface area contributed by atoms with Crippen molar-refractivity contribution in [3.8, 4) is 11.5 Å². The van der Waals surface area contributed by atoms with Gasteiger partial charge in [-0.15, -0.1) is 0 Å². The minimum atomic E-state index is -0.642. The van der Waals surface area contributed by atoms with Crippen molar-refractivity contribution < 1.29 is 13.5 Å². The fraction of sp³-hybridized carbons (Fsp3) is 0.143. The minimum Gasteiger partial charge on any atom is -0.453 e. The molecule has 0 unspecified atom stereocenters. The molecule has 0 atom stereocenters. The predicted molar refractivity (Wildman–Crippen MR) is 70.6 cm³/mol. The van der Waals surface area contributed by atoms with Gasteiger partial charge >= 0.3 is 0 Å². The molecule has 0 radical (unpaired) electrons. The highest BCUT2D eigenvalue weighted by Gasteiger charge is 2.09. The third-order valence-corrected chi connectivity index (χ3v) is 2.79. The molecule has 0 bridgehead atoms. The van der Waals surface area contributed by atoms with Crippen molar-refractivity contribution in [2.75, 3.05) is 7.05 Å². The van der Waals surface area contributed by atoms with Crippen LogP contribution in [0.25, 0.3) is 0 Å². The lowest BCUT2D eigenvalue weighted by atomic mass is 10.2. The molecule has 5 heteroatoms. The monoisotopic (exact) mass is 283 g/mol. The number of ether oxygens (including phenoxy) is 1. The van der Waals surface area contributed by atoms with E-state index in [4.69, 9.17) is 16.3 Å². The second-order valence-electron chi connectivity index (χ2n) is 3.97. The van der Waals surface area contributed by atoms with E-state index in [-0.39, 0.29) is 11.5 Å². The summed E-state index contributed by atoms with van der Waals surface area (Å²) in [6.45, 7) is 0.661. The summed E-state index contributed by atoms with van der Waals surface area (Å²) in [7, 11) is 1.82. The van der Waals surface area contributed by atoms with Gasteiger partial charge in [-0.25, -0.2) is 8.78 Å². The Morgan fingerprint density at radius 1 is 1.11 bits per heavy atom. The summed E-state index contributed by atoms with van der Waals surface area (Å²) in [6.07, 6.45) is 0. The highest BCUT2D eigenvalue weighted by atomic mass is 35.5. The number of halogens is 3. The van der Waals surface area contributed by atoms with E-state index in [0.717, 1.165) is 23.8 Å². The zero-order valence-electron chi connectivity index (χ0n) is 10.2. The summed E-state index contributed by atoms with van der Waals surface area (Å²) in [5, 5.41) is 3.33. The Labute approximate surface area is 115 Å². The Morgan fingerprint density at radius 2 is 1.89 bits per heavy atom. The molecule has 0 fully saturated rings. The van der Waals surface area contributed by atoms with Crippen molar-refractivity contribution in [2.24, 2.45) is 0 Å². The number of hydrogen-bond acceptors (Lipinski definition) is 2. The zero-order valence-corrected chi connectivity index (χ0v) is 11.0. The number of hydrogen-bond donors (Lipinski definition) is 1. The standard InChI is InChI=1S/C14H12ClF2NO/c1-18-8-9-2-5-13(11(15)6-9)19-14-7-10(16)3-4-12(14)17/h2-7,18H,8H2,1H3. The first-order chi connectivity index (χ1) is 9.10. The fourth-order valence-corrected chi connectivity index (χ4v) is 1.86. The average Bonchev–Trinajstić information content (AvgIpc) is 2.37. The van der Waals surface area contributed by atoms with E-state index in [1.807, 2.05) is 7.05 Å². The van der Waals surface area contributed by atoms with E-state index >= 15 is 0 Å². The molecule has 0 heterocycles. The van der Waals surface area contributed by atoms with E-state index in [0.29, 0.717) is 11.6 Å². The van der Waals surface area contributed by atoms with Crippen LogP contribution in [0, 0.1) is 11.6 Å². The number of nitrogens with one attached hydrogen (secondary N) is 1. The van der Waals surface area contributed by atoms with E-state index in [1.165, 1.54) is 0 Å². The molecule has 0 aromatic heterocycles. The molecular weight excluding hydrogens is 272 g/mol. The summed E-state index contributed by atoms with van der Waals surface area (Å²) in [5.41, 5.74) is 0.972. The lowest BCUT2D eigenvalue weighted by molar-refractivity contribution is 0.436. The lowest BCUT2D eigenvalue weighted by Crippen LogP contribution is -2.04. The molecule has 100 valence electrons. The summed E-state index contributed by atoms with van der Waals surface area (Å²) in [4.78, 5) is 0. The van der Waals surface area contributed by atoms with Gasteiger partial charge < -0.3 is 10.1 Å². The number of rotatable bonds is 4. The van der Waals surface area contributed by atoms with Crippen molar-refractivity contribution in [3.05, 3.63) is 58.6 Å². The first-order valence-electron chi connectivity index (χ1n) is 5.66. The molecule has 19 heavy (non-hydrogen) atoms. The van der Waals surface area contributed by atoms with Crippen LogP contribution in [0.1, 0.15) is 5.56 Å². The quantitative estimate of drug-likeness (QED) is 0.911. The Kier molecular flexibility index (Phi) is 4.35. The average molecular weight is 284 g/mol. The molecule has 2 aromatic rings. The number of benzene rings is 2. The van der Waals surface area contributed by atoms with Crippen LogP contribution in [-0.2, 0) is 6.54 Å². The molecule has 0 aliphatic heterocycles. The molecule has 0 saturated carbocycles. The van der Waals surface area contributed by atoms with Gasteiger partial charge in [0.05, 0.1) is 5.02 Å². The van der Waals surface area contributed by atoms with Crippen molar-refractivity contribution in [1.82, 2.24) is 5.32 Å². The third-order valence-electron chi connectivity index (χ3n) is 2.49. The largest absolute Gasteiger partial charge is 0.453 e. The van der Waals surface area contributed by atoms with Crippen LogP contribution in [0.2, 0.25) is 5.02 Å². The van der Waals surface area contributed by atoms with Crippen LogP contribution in [0.5, 0.6) is 11.5 Å². The van der Waals surface area contributed by atoms with Gasteiger partial charge in [-0.2, -0.15) is 0 Å². The molecule has 0 spiro atoms. The second-order valence-corrected chi connectivity index (χ2v) is 4.38. The summed E-state index contributed by atoms with van der Waals surface area (Å²) in [5.74, 6) is -1.12. The topological polar surface area (TPSA) is 21.3 Å². The van der Waals surface area contributed by atoms with Gasteiger partial charge in [0.15, 0.2) is 11.6 Å². The van der Waals surface area contributed by atoms with Crippen LogP contribution in [0.4, 0.5) is 8.78 Å². The molecule has 0 amide bonds. The van der Waals surface area contributed by atoms with Crippen molar-refractivity contribution in [3.63, 3.8) is 0 Å². The van der Waals surface area contributed by atoms with E-state index in [1.54, 1.807) is 18.2 Å². The first-order valence-corrected chi connectivity index (χ1v) is 6.04. The van der Waals surface area contributed by atoms with Gasteiger partial charge in [0.25, 0.3) is 0 Å². The van der Waals surface area contributed by atoms with Crippen LogP contribution in [0.15, 0.2) is 36.4 Å². The van der Waals surface area contributed by atoms with Crippen LogP contribution in [0.3, 0.4) is 0 Å². The van der Waals surface area contributed by atoms with Crippen molar-refractivity contribution in [1.29, 1.82) is 0 Å². The van der Waals surface area contributed by atoms with Crippen LogP contribution in [-0.4, -0.2) is 7.05 Å². The van der Waals surface area contributed by atoms with Gasteiger partial charge in [-0.1, -0.05) is 17.7 Å². The Hall–Kier alpha value is -1.65. The second kappa shape index (κ2) is 5.99. The van der Waals surface area contributed by atoms with Crippen LogP contribution >= 0.6 is 11.6 Å². The molecule has 2 nitrogen and oxygen atoms in total. The van der Waals surface area contributed by atoms with E-state index in [9.17, 15) is 8.78 Å². The van der Waals surface area contributed by atoms with Gasteiger partial charge in [0.2, 0.25) is 0 Å². The Bertz CT molecular complexity index is 590. The predicted octanol–water partition coefficient (Wildman–Crippen LogP) is 4.13. The van der Waals surface area contributed by atoms with Gasteiger partial charge in [0.1, 0.15) is 11.6 Å². The Balaban J connectivity index is 2.25. The molecule has 0 saturated heterocycles. The molecular formula is C14H12ClF2NO. The maximum absolute atomic E-state index is 13.4. The zero-order chi connectivity index (χ0) is 13.8. The van der Waals surface area contributed by atoms with Crippen molar-refractivity contribution >= 4 is 11.6 Å². The minimum absolute atomic E-state index is 0.191. The highest BCUT2D eigenvalue weighted by Crippen LogP contribution is 2.31. The lowest BCUT2D eigenvalue weighted by Gasteiger charge is -2.10. The van der Waals surface area contributed by atoms with E-state index < -0.39 is 11.6 Å². The molecule has 0 aliphatic carbocycles. The maximum atomic E-state index is 13.4. The van der Waals surface area contributed by atoms with Gasteiger partial charge in [0, 0.05) is 12.6 Å². The third kappa shape index (κ3) is 3.43. The SMILES string of the molecule is CNCc1ccc(Oc2cc(F)ccc2F)c(Cl)c1. The van der Waals surface area contributed by atoms with Crippen molar-refractivity contribution in [2.45, 2.75) is 6.54 Å². The maximum Gasteiger partial charge on any atom is 0.166 e. The van der Waals surface area contributed by atoms with E-state index in [2.05, 4.69) is 5.32 Å². The smallest absolute Gasteiger partial charge is 0.166 e. The summed E-state index contributed by atoms with van der Waals surface area (Å²) < 4.78 is 31.8. The molecule has 2 aromatic carbocycles. The fourth-order valence-electron chi connectivity index (χ4n) is 1.62. The summed E-state index contributed by atoms with van der Waals surface area (Å²) >= 11 is 6.04. The van der Waals surface area contributed by atoms with Crippen LogP contribution < -0.4 is 10.1 Å². The highest BCUT2D eigenvalue weighted by molar-refractivity contribution is 6.32. The first kappa shape index (κ1) is 13.8. The van der Waals surface area contributed by atoms with Gasteiger partial charge in [-0.3, -0.25) is 0 Å². The van der Waals surface area contributed by atoms with Gasteiger partial charge in [-0.05, 0) is 36.9 Å². The summed E-state index contributed by atoms with van der Waals surface area (Å²) in [6, 6.07) is 8.15. The normalized spacial score (nSPS) is 10.5. The Morgan fingerprint density at radius 3 is 2.58 bits per heavy atom.